The Bertz CT molecular complexity index is 998. The average Bonchev–Trinajstić information content (AvgIpc) is 2.74. The lowest BCUT2D eigenvalue weighted by Crippen LogP contribution is -2.75. The summed E-state index contributed by atoms with van der Waals surface area (Å²) in [4.78, 5) is 23.5. The van der Waals surface area contributed by atoms with Crippen molar-refractivity contribution in [2.24, 2.45) is 5.92 Å². The van der Waals surface area contributed by atoms with Gasteiger partial charge in [0.2, 0.25) is 0 Å². The molecule has 0 radical (unpaired) electrons. The summed E-state index contributed by atoms with van der Waals surface area (Å²) >= 11 is 0. The fraction of sp³-hybridized carbons (Fsp3) is 0.435. The first-order valence-electron chi connectivity index (χ1n) is 10.9. The number of aryl methyl sites for hydroxylation is 1. The molecule has 1 saturated heterocycles. The van der Waals surface area contributed by atoms with Crippen molar-refractivity contribution < 1.29 is 9.18 Å². The molecular formula is C23H30FN7O. The first kappa shape index (κ1) is 22.2. The number of likely N-dealkylation sites (tertiary alicyclic amines) is 1. The van der Waals surface area contributed by atoms with Crippen LogP contribution in [-0.2, 0) is 0 Å². The van der Waals surface area contributed by atoms with Gasteiger partial charge in [-0.15, -0.1) is 0 Å². The number of nitrogens with zero attached hydrogens (tertiary/aromatic N) is 4. The summed E-state index contributed by atoms with van der Waals surface area (Å²) in [6, 6.07) is 5.72. The SMILES string of the molecule is C=CN(CC12CC(C[C@@H](C)C1)N2C(=O)Nc1ccc(C)c(-c2ncc(F)cn2)c1)NNC. The minimum Gasteiger partial charge on any atom is -0.314 e. The lowest BCUT2D eigenvalue weighted by atomic mass is 9.64. The van der Waals surface area contributed by atoms with Crippen LogP contribution in [0.2, 0.25) is 0 Å². The van der Waals surface area contributed by atoms with Gasteiger partial charge < -0.3 is 15.2 Å². The van der Waals surface area contributed by atoms with E-state index in [2.05, 4.69) is 39.7 Å². The lowest BCUT2D eigenvalue weighted by Gasteiger charge is -2.64. The number of hydrazine groups is 2. The van der Waals surface area contributed by atoms with Gasteiger partial charge in [0.05, 0.1) is 24.5 Å². The molecule has 32 heavy (non-hydrogen) atoms. The van der Waals surface area contributed by atoms with Crippen LogP contribution in [0, 0.1) is 18.7 Å². The number of carbonyl (C=O) groups is 1. The normalized spacial score (nSPS) is 23.9. The van der Waals surface area contributed by atoms with Gasteiger partial charge >= 0.3 is 6.03 Å². The Balaban J connectivity index is 1.54. The highest BCUT2D eigenvalue weighted by atomic mass is 19.1. The third-order valence-electron chi connectivity index (χ3n) is 6.40. The van der Waals surface area contributed by atoms with E-state index in [4.69, 9.17) is 0 Å². The van der Waals surface area contributed by atoms with Crippen LogP contribution in [0.1, 0.15) is 31.7 Å². The second-order valence-corrected chi connectivity index (χ2v) is 8.85. The van der Waals surface area contributed by atoms with Gasteiger partial charge in [0.1, 0.15) is 0 Å². The van der Waals surface area contributed by atoms with Crippen LogP contribution in [0.4, 0.5) is 14.9 Å². The molecule has 1 aromatic heterocycles. The molecule has 2 fully saturated rings. The molecular weight excluding hydrogens is 409 g/mol. The number of piperidine rings is 1. The van der Waals surface area contributed by atoms with Gasteiger partial charge in [0.15, 0.2) is 11.6 Å². The molecule has 2 unspecified atom stereocenters. The molecule has 1 aliphatic carbocycles. The molecule has 2 heterocycles. The Morgan fingerprint density at radius 2 is 2.12 bits per heavy atom. The Kier molecular flexibility index (Phi) is 6.12. The van der Waals surface area contributed by atoms with E-state index in [1.807, 2.05) is 35.0 Å². The molecule has 1 saturated carbocycles. The molecule has 8 nitrogen and oxygen atoms in total. The van der Waals surface area contributed by atoms with Gasteiger partial charge in [-0.1, -0.05) is 19.6 Å². The number of urea groups is 1. The summed E-state index contributed by atoms with van der Waals surface area (Å²) in [6.45, 7) is 8.70. The topological polar surface area (TPSA) is 85.4 Å². The van der Waals surface area contributed by atoms with E-state index in [0.717, 1.165) is 42.8 Å². The summed E-state index contributed by atoms with van der Waals surface area (Å²) in [5.74, 6) is 0.493. The van der Waals surface area contributed by atoms with E-state index in [0.29, 0.717) is 24.0 Å². The zero-order chi connectivity index (χ0) is 22.9. The molecule has 3 atom stereocenters. The van der Waals surface area contributed by atoms with Crippen LogP contribution in [0.5, 0.6) is 0 Å². The summed E-state index contributed by atoms with van der Waals surface area (Å²) in [6.07, 6.45) is 6.93. The van der Waals surface area contributed by atoms with Crippen LogP contribution in [-0.4, -0.2) is 51.1 Å². The fourth-order valence-corrected chi connectivity index (χ4v) is 5.24. The highest BCUT2D eigenvalue weighted by molar-refractivity contribution is 5.92. The Hall–Kier alpha value is -3.04. The zero-order valence-corrected chi connectivity index (χ0v) is 18.7. The molecule has 9 heteroatoms. The number of amides is 2. The third kappa shape index (κ3) is 4.18. The minimum absolute atomic E-state index is 0.114. The van der Waals surface area contributed by atoms with Crippen molar-refractivity contribution in [3.63, 3.8) is 0 Å². The number of hydrogen-bond donors (Lipinski definition) is 3. The maximum atomic E-state index is 13.4. The Morgan fingerprint density at radius 1 is 1.38 bits per heavy atom. The number of rotatable bonds is 7. The third-order valence-corrected chi connectivity index (χ3v) is 6.40. The highest BCUT2D eigenvalue weighted by Crippen LogP contribution is 2.50. The van der Waals surface area contributed by atoms with Gasteiger partial charge in [-0.25, -0.2) is 24.6 Å². The lowest BCUT2D eigenvalue weighted by molar-refractivity contribution is -0.105. The molecule has 2 aliphatic rings. The summed E-state index contributed by atoms with van der Waals surface area (Å²) in [5.41, 5.74) is 8.08. The van der Waals surface area contributed by atoms with Gasteiger partial charge in [-0.3, -0.25) is 0 Å². The van der Waals surface area contributed by atoms with Crippen LogP contribution in [0.3, 0.4) is 0 Å². The van der Waals surface area contributed by atoms with Gasteiger partial charge in [-0.2, -0.15) is 5.53 Å². The Labute approximate surface area is 187 Å². The minimum atomic E-state index is -0.485. The smallest absolute Gasteiger partial charge is 0.314 e. The van der Waals surface area contributed by atoms with Gasteiger partial charge in [-0.05, 0) is 49.8 Å². The molecule has 1 aromatic carbocycles. The standard InChI is InChI=1S/C23H30FN7O/c1-5-30(29-25-4)14-23-10-15(2)8-19(11-23)31(23)22(32)28-18-7-6-16(3)20(9-18)21-26-12-17(24)13-27-21/h5-7,9,12-13,15,19,25,29H,1,8,10-11,14H2,2-4H3,(H,28,32)/t15-,19?,23?/m1/s1. The number of fused-ring (bicyclic) bond motifs is 2. The maximum Gasteiger partial charge on any atom is 0.322 e. The van der Waals surface area contributed by atoms with Crippen molar-refractivity contribution >= 4 is 11.7 Å². The van der Waals surface area contributed by atoms with Crippen molar-refractivity contribution in [3.8, 4) is 11.4 Å². The first-order valence-corrected chi connectivity index (χ1v) is 10.9. The maximum absolute atomic E-state index is 13.4. The van der Waals surface area contributed by atoms with E-state index in [1.54, 1.807) is 13.2 Å². The molecule has 0 spiro atoms. The quantitative estimate of drug-likeness (QED) is 0.573. The molecule has 1 aliphatic heterocycles. The van der Waals surface area contributed by atoms with Crippen molar-refractivity contribution in [3.05, 3.63) is 54.8 Å². The molecule has 4 rings (SSSR count). The predicted molar refractivity (Wildman–Crippen MR) is 122 cm³/mol. The van der Waals surface area contributed by atoms with Crippen molar-refractivity contribution in [2.45, 2.75) is 44.7 Å². The van der Waals surface area contributed by atoms with Crippen LogP contribution >= 0.6 is 0 Å². The Morgan fingerprint density at radius 3 is 2.81 bits per heavy atom. The summed E-state index contributed by atoms with van der Waals surface area (Å²) < 4.78 is 13.2. The molecule has 2 aromatic rings. The first-order chi connectivity index (χ1) is 15.3. The molecule has 2 bridgehead atoms. The van der Waals surface area contributed by atoms with E-state index >= 15 is 0 Å². The summed E-state index contributed by atoms with van der Waals surface area (Å²) in [5, 5.41) is 4.94. The number of halogens is 1. The van der Waals surface area contributed by atoms with Crippen LogP contribution in [0.15, 0.2) is 43.4 Å². The summed E-state index contributed by atoms with van der Waals surface area (Å²) in [7, 11) is 1.80. The number of aromatic nitrogens is 2. The van der Waals surface area contributed by atoms with Crippen molar-refractivity contribution in [2.75, 3.05) is 18.9 Å². The van der Waals surface area contributed by atoms with Crippen LogP contribution < -0.4 is 16.3 Å². The fourth-order valence-electron chi connectivity index (χ4n) is 5.24. The number of anilines is 1. The largest absolute Gasteiger partial charge is 0.322 e. The second kappa shape index (κ2) is 8.84. The second-order valence-electron chi connectivity index (χ2n) is 8.85. The van der Waals surface area contributed by atoms with E-state index in [-0.39, 0.29) is 17.6 Å². The highest BCUT2D eigenvalue weighted by Gasteiger charge is 2.58. The zero-order valence-electron chi connectivity index (χ0n) is 18.7. The van der Waals surface area contributed by atoms with Gasteiger partial charge in [0.25, 0.3) is 0 Å². The predicted octanol–water partition coefficient (Wildman–Crippen LogP) is 3.45. The molecule has 2 amide bonds. The van der Waals surface area contributed by atoms with Crippen LogP contribution in [0.25, 0.3) is 11.4 Å². The van der Waals surface area contributed by atoms with E-state index in [1.165, 1.54) is 0 Å². The molecule has 170 valence electrons. The van der Waals surface area contributed by atoms with E-state index in [9.17, 15) is 9.18 Å². The monoisotopic (exact) mass is 439 g/mol. The number of nitrogens with one attached hydrogen (secondary N) is 3. The van der Waals surface area contributed by atoms with E-state index < -0.39 is 5.82 Å². The van der Waals surface area contributed by atoms with Gasteiger partial charge in [0, 0.05) is 30.5 Å². The van der Waals surface area contributed by atoms with Crippen molar-refractivity contribution in [1.82, 2.24) is 30.8 Å². The van der Waals surface area contributed by atoms with Crippen molar-refractivity contribution in [1.29, 1.82) is 0 Å². The number of hydrogen-bond acceptors (Lipinski definition) is 6. The average molecular weight is 440 g/mol. The number of carbonyl (C=O) groups excluding carboxylic acids is 1. The number of benzene rings is 1. The molecule has 3 N–H and O–H groups in total.